The highest BCUT2D eigenvalue weighted by Crippen LogP contribution is 2.17. The Morgan fingerprint density at radius 3 is 2.50 bits per heavy atom. The highest BCUT2D eigenvalue weighted by Gasteiger charge is 2.20. The van der Waals surface area contributed by atoms with Gasteiger partial charge in [0, 0.05) is 25.2 Å². The third-order valence-corrected chi connectivity index (χ3v) is 5.39. The van der Waals surface area contributed by atoms with Crippen molar-refractivity contribution in [3.05, 3.63) is 41.6 Å². The Bertz CT molecular complexity index is 797. The number of carbonyl (C=O) groups is 1. The van der Waals surface area contributed by atoms with Gasteiger partial charge in [0.15, 0.2) is 0 Å². The van der Waals surface area contributed by atoms with E-state index in [1.807, 2.05) is 6.92 Å². The van der Waals surface area contributed by atoms with Gasteiger partial charge in [-0.25, -0.2) is 12.7 Å². The van der Waals surface area contributed by atoms with E-state index in [0.717, 1.165) is 12.8 Å². The van der Waals surface area contributed by atoms with E-state index < -0.39 is 15.9 Å². The van der Waals surface area contributed by atoms with Gasteiger partial charge in [-0.2, -0.15) is 0 Å². The third kappa shape index (κ3) is 4.21. The number of benzene rings is 1. The van der Waals surface area contributed by atoms with Gasteiger partial charge in [-0.15, -0.1) is 0 Å². The zero-order valence-corrected chi connectivity index (χ0v) is 14.8. The fraction of sp³-hybridized carbons (Fsp3) is 0.375. The molecule has 0 aliphatic rings. The molecule has 8 heteroatoms. The minimum atomic E-state index is -3.54. The van der Waals surface area contributed by atoms with Crippen LogP contribution in [0.2, 0.25) is 0 Å². The van der Waals surface area contributed by atoms with Gasteiger partial charge in [0.05, 0.1) is 10.6 Å². The van der Waals surface area contributed by atoms with Crippen LogP contribution in [0.4, 0.5) is 5.88 Å². The van der Waals surface area contributed by atoms with E-state index in [4.69, 9.17) is 4.52 Å². The minimum absolute atomic E-state index is 0.160. The smallest absolute Gasteiger partial charge is 0.258 e. The summed E-state index contributed by atoms with van der Waals surface area (Å²) in [5.41, 5.74) is 0.987. The number of aryl methyl sites for hydroxylation is 1. The number of sulfonamides is 1. The predicted molar refractivity (Wildman–Crippen MR) is 90.4 cm³/mol. The van der Waals surface area contributed by atoms with Crippen LogP contribution in [0.15, 0.2) is 39.8 Å². The van der Waals surface area contributed by atoms with Crippen LogP contribution in [-0.2, 0) is 10.0 Å². The van der Waals surface area contributed by atoms with Crippen LogP contribution in [0.3, 0.4) is 0 Å². The second kappa shape index (κ2) is 7.59. The molecule has 0 atom stereocenters. The van der Waals surface area contributed by atoms with E-state index in [1.54, 1.807) is 20.0 Å². The molecule has 1 aromatic heterocycles. The molecule has 0 radical (unpaired) electrons. The molecule has 24 heavy (non-hydrogen) atoms. The van der Waals surface area contributed by atoms with Crippen LogP contribution in [0.5, 0.6) is 0 Å². The van der Waals surface area contributed by atoms with Crippen LogP contribution in [0.1, 0.15) is 35.8 Å². The number of nitrogens with zero attached hydrogens (tertiary/aromatic N) is 2. The summed E-state index contributed by atoms with van der Waals surface area (Å²) in [4.78, 5) is 12.3. The van der Waals surface area contributed by atoms with Crippen LogP contribution in [-0.4, -0.2) is 37.4 Å². The zero-order valence-electron chi connectivity index (χ0n) is 13.9. The number of amides is 1. The molecule has 1 aromatic carbocycles. The van der Waals surface area contributed by atoms with E-state index >= 15 is 0 Å². The predicted octanol–water partition coefficient (Wildman–Crippen LogP) is 2.66. The number of hydrogen-bond donors (Lipinski definition) is 1. The van der Waals surface area contributed by atoms with Crippen molar-refractivity contribution in [1.82, 2.24) is 9.46 Å². The molecule has 0 saturated heterocycles. The lowest BCUT2D eigenvalue weighted by Gasteiger charge is -2.16. The second-order valence-corrected chi connectivity index (χ2v) is 7.54. The van der Waals surface area contributed by atoms with Crippen LogP contribution in [0.25, 0.3) is 0 Å². The minimum Gasteiger partial charge on any atom is -0.338 e. The molecular formula is C16H21N3O4S. The van der Waals surface area contributed by atoms with Gasteiger partial charge in [-0.05, 0) is 37.6 Å². The molecule has 7 nitrogen and oxygen atoms in total. The lowest BCUT2D eigenvalue weighted by Crippen LogP contribution is -2.28. The lowest BCUT2D eigenvalue weighted by molar-refractivity contribution is 0.102. The van der Waals surface area contributed by atoms with Gasteiger partial charge in [0.25, 0.3) is 5.91 Å². The van der Waals surface area contributed by atoms with Crippen molar-refractivity contribution in [3.8, 4) is 0 Å². The summed E-state index contributed by atoms with van der Waals surface area (Å²) in [5, 5.41) is 6.24. The summed E-state index contributed by atoms with van der Waals surface area (Å²) in [6, 6.07) is 7.40. The number of anilines is 1. The fourth-order valence-electron chi connectivity index (χ4n) is 2.07. The summed E-state index contributed by atoms with van der Waals surface area (Å²) in [6.07, 6.45) is 1.72. The Morgan fingerprint density at radius 1 is 1.29 bits per heavy atom. The van der Waals surface area contributed by atoms with Gasteiger partial charge < -0.3 is 4.52 Å². The van der Waals surface area contributed by atoms with Gasteiger partial charge in [0.1, 0.15) is 0 Å². The van der Waals surface area contributed by atoms with E-state index in [2.05, 4.69) is 10.5 Å². The van der Waals surface area contributed by atoms with E-state index in [9.17, 15) is 13.2 Å². The number of rotatable bonds is 7. The quantitative estimate of drug-likeness (QED) is 0.828. The Labute approximate surface area is 141 Å². The van der Waals surface area contributed by atoms with Crippen molar-refractivity contribution in [1.29, 1.82) is 0 Å². The fourth-order valence-corrected chi connectivity index (χ4v) is 3.28. The van der Waals surface area contributed by atoms with E-state index in [1.165, 1.54) is 28.6 Å². The maximum atomic E-state index is 12.4. The summed E-state index contributed by atoms with van der Waals surface area (Å²) in [7, 11) is -1.98. The molecule has 0 saturated carbocycles. The van der Waals surface area contributed by atoms with Crippen LogP contribution in [0, 0.1) is 6.92 Å². The normalized spacial score (nSPS) is 11.7. The van der Waals surface area contributed by atoms with Gasteiger partial charge >= 0.3 is 0 Å². The zero-order chi connectivity index (χ0) is 17.7. The van der Waals surface area contributed by atoms with Crippen molar-refractivity contribution in [2.45, 2.75) is 31.6 Å². The molecule has 0 spiro atoms. The first-order valence-electron chi connectivity index (χ1n) is 7.65. The molecule has 130 valence electrons. The summed E-state index contributed by atoms with van der Waals surface area (Å²) in [6.45, 7) is 4.21. The maximum absolute atomic E-state index is 12.4. The summed E-state index contributed by atoms with van der Waals surface area (Å²) < 4.78 is 31.1. The first-order valence-corrected chi connectivity index (χ1v) is 9.09. The van der Waals surface area contributed by atoms with Crippen molar-refractivity contribution >= 4 is 21.8 Å². The topological polar surface area (TPSA) is 92.5 Å². The van der Waals surface area contributed by atoms with Crippen LogP contribution < -0.4 is 5.32 Å². The SMILES string of the molecule is CCCCN(C)S(=O)(=O)c1ccc(C(=O)Nc2cc(C)no2)cc1. The monoisotopic (exact) mass is 351 g/mol. The molecule has 1 N–H and O–H groups in total. The van der Waals surface area contributed by atoms with Crippen molar-refractivity contribution in [2.75, 3.05) is 18.9 Å². The Balaban J connectivity index is 2.10. The Morgan fingerprint density at radius 2 is 1.96 bits per heavy atom. The van der Waals surface area contributed by atoms with Gasteiger partial charge in [0.2, 0.25) is 15.9 Å². The number of nitrogens with one attached hydrogen (secondary N) is 1. The van der Waals surface area contributed by atoms with Gasteiger partial charge in [-0.1, -0.05) is 18.5 Å². The highest BCUT2D eigenvalue weighted by molar-refractivity contribution is 7.89. The molecule has 2 rings (SSSR count). The molecule has 2 aromatic rings. The second-order valence-electron chi connectivity index (χ2n) is 5.49. The molecular weight excluding hydrogens is 330 g/mol. The lowest BCUT2D eigenvalue weighted by atomic mass is 10.2. The Hall–Kier alpha value is -2.19. The molecule has 0 bridgehead atoms. The molecule has 0 unspecified atom stereocenters. The number of carbonyl (C=O) groups excluding carboxylic acids is 1. The number of aromatic nitrogens is 1. The van der Waals surface area contributed by atoms with E-state index in [-0.39, 0.29) is 10.8 Å². The first-order chi connectivity index (χ1) is 11.3. The molecule has 0 aliphatic heterocycles. The molecule has 0 aliphatic carbocycles. The molecule has 1 amide bonds. The standard InChI is InChI=1S/C16H21N3O4S/c1-4-5-10-19(3)24(21,22)14-8-6-13(7-9-14)16(20)17-15-11-12(2)18-23-15/h6-9,11H,4-5,10H2,1-3H3,(H,17,20). The van der Waals surface area contributed by atoms with Crippen molar-refractivity contribution in [2.24, 2.45) is 0 Å². The van der Waals surface area contributed by atoms with Crippen molar-refractivity contribution < 1.29 is 17.7 Å². The highest BCUT2D eigenvalue weighted by atomic mass is 32.2. The van der Waals surface area contributed by atoms with Crippen molar-refractivity contribution in [3.63, 3.8) is 0 Å². The Kier molecular flexibility index (Phi) is 5.74. The van der Waals surface area contributed by atoms with Crippen LogP contribution >= 0.6 is 0 Å². The summed E-state index contributed by atoms with van der Waals surface area (Å²) >= 11 is 0. The molecule has 1 heterocycles. The summed E-state index contributed by atoms with van der Waals surface area (Å²) in [5.74, 6) is -0.150. The average molecular weight is 351 g/mol. The van der Waals surface area contributed by atoms with E-state index in [0.29, 0.717) is 17.8 Å². The van der Waals surface area contributed by atoms with Gasteiger partial charge in [-0.3, -0.25) is 10.1 Å². The molecule has 0 fully saturated rings. The maximum Gasteiger partial charge on any atom is 0.258 e. The third-order valence-electron chi connectivity index (χ3n) is 3.52. The largest absolute Gasteiger partial charge is 0.338 e. The number of unbranched alkanes of at least 4 members (excludes halogenated alkanes) is 1. The first kappa shape index (κ1) is 18.2. The number of hydrogen-bond acceptors (Lipinski definition) is 5. The average Bonchev–Trinajstić information content (AvgIpc) is 2.97.